The summed E-state index contributed by atoms with van der Waals surface area (Å²) in [6, 6.07) is 41.5. The Hall–Kier alpha value is -17.3. The Morgan fingerprint density at radius 3 is 1.06 bits per heavy atom. The van der Waals surface area contributed by atoms with E-state index in [1.165, 1.54) is 29.0 Å². The molecule has 10 aromatic heterocycles. The number of primary amides is 4. The van der Waals surface area contributed by atoms with Crippen LogP contribution in [0.15, 0.2) is 189 Å². The molecule has 39 heteroatoms. The lowest BCUT2D eigenvalue weighted by Crippen LogP contribution is -2.37. The molecule has 5 aliphatic heterocycles. The van der Waals surface area contributed by atoms with Gasteiger partial charge >= 0.3 is 0 Å². The Bertz CT molecular complexity index is 7170. The molecule has 5 saturated heterocycles. The molecule has 5 fully saturated rings. The summed E-state index contributed by atoms with van der Waals surface area (Å²) in [7, 11) is 12.0. The predicted molar refractivity (Wildman–Crippen MR) is 498 cm³/mol. The number of pyridine rings is 3. The van der Waals surface area contributed by atoms with Crippen LogP contribution in [-0.4, -0.2) is 274 Å². The number of anilines is 1. The largest absolute Gasteiger partial charge is 0.378 e. The molecule has 20 rings (SSSR count). The molecule has 5 aromatic carbocycles. The third-order valence-electron chi connectivity index (χ3n) is 23.7. The number of nitrogens with zero attached hydrogens (tertiary/aromatic N) is 22. The molecule has 0 radical (unpaired) electrons. The maximum atomic E-state index is 12.2. The molecule has 684 valence electrons. The number of hydrogen-bond donors (Lipinski definition) is 8. The number of aryl methyl sites for hydroxylation is 3. The number of likely N-dealkylation sites (N-methyl/N-ethyl adjacent to an activating group) is 4. The summed E-state index contributed by atoms with van der Waals surface area (Å²) in [5.41, 5.74) is 28.9. The molecular formula is C97H88N26O13. The van der Waals surface area contributed by atoms with Gasteiger partial charge in [-0.3, -0.25) is 52.4 Å². The number of carbonyl (C=O) groups is 8. The maximum absolute atomic E-state index is 12.2. The maximum Gasteiger partial charge on any atom is 0.269 e. The molecule has 0 bridgehead atoms. The average Bonchev–Trinajstić information content (AvgIpc) is 1.62. The molecule has 0 spiro atoms. The van der Waals surface area contributed by atoms with E-state index in [1.807, 2.05) is 88.3 Å². The molecule has 39 nitrogen and oxygen atoms in total. The number of carbonyl (C=O) groups excluding carboxylic acids is 8. The van der Waals surface area contributed by atoms with E-state index in [4.69, 9.17) is 27.7 Å². The van der Waals surface area contributed by atoms with Gasteiger partial charge in [0.25, 0.3) is 47.3 Å². The van der Waals surface area contributed by atoms with E-state index in [0.717, 1.165) is 46.6 Å². The van der Waals surface area contributed by atoms with E-state index in [1.54, 1.807) is 174 Å². The first kappa shape index (κ1) is 90.6. The van der Waals surface area contributed by atoms with E-state index in [9.17, 15) is 58.8 Å². The lowest BCUT2D eigenvalue weighted by atomic mass is 10.0. The highest BCUT2D eigenvalue weighted by Gasteiger charge is 2.46. The molecule has 12 N–H and O–H groups in total. The predicted octanol–water partition coefficient (Wildman–Crippen LogP) is 3.50. The smallest absolute Gasteiger partial charge is 0.269 e. The van der Waals surface area contributed by atoms with Gasteiger partial charge in [0.1, 0.15) is 0 Å². The van der Waals surface area contributed by atoms with Crippen LogP contribution in [-0.2, 0) is 45.1 Å². The molecule has 0 unspecified atom stereocenters. The molecular weight excluding hydrogens is 1740 g/mol. The van der Waals surface area contributed by atoms with Crippen molar-refractivity contribution in [1.82, 2.24) is 103 Å². The standard InChI is InChI=1S/C25H22N6O3.2C24H21N7O3.C24H24N6O4/c1-29-11-10-25(34,24(29)33)9-8-16-4-3-5-19(12-16)31-21-7-6-17(18-14-27-30(2)15-18)13-20(21)22(28-31)23(26)32;1-29-11-9-24(34,23(29)33)8-6-15-4-3-5-17(12-15)31-22-18(20(28-31)21(25)32)13-16(14-26-22)19-7-10-30(2)27-19;1-29-9-8-24(34,23(29)33)7-6-15-4-3-5-18(10-15)31-22-19(20(28-31)21(25)32)11-16(12-26-22)17-13-27-30(2)14-17;1-28-8-7-24(33,23(28)32)6-5-16-3-2-4-17(13-16)30-22-19(20(27-30)21(25)31)14-18(15-26-22)29-9-11-34-12-10-29/h3-7,12-15,34H,10-11H2,1-2H3,(H2,26,32);3-5,7,10,12-14,34H,9,11H2,1-2H3,(H2,25,32);3-5,10-14,34H,8-9H2,1-2H3,(H2,25,32);2-4,13-15,33H,7-12H2,1H3,(H2,25,31)/t25-;3*24-/m0000/s1. The number of benzene rings is 5. The Labute approximate surface area is 775 Å². The number of amides is 8. The first-order valence-electron chi connectivity index (χ1n) is 42.8. The van der Waals surface area contributed by atoms with Crippen LogP contribution < -0.4 is 27.8 Å². The van der Waals surface area contributed by atoms with Gasteiger partial charge in [-0.05, 0) is 115 Å². The first-order valence-corrected chi connectivity index (χ1v) is 42.8. The fourth-order valence-corrected chi connectivity index (χ4v) is 16.2. The fourth-order valence-electron chi connectivity index (χ4n) is 16.2. The van der Waals surface area contributed by atoms with E-state index in [2.05, 4.69) is 103 Å². The Morgan fingerprint density at radius 2 is 0.699 bits per heavy atom. The van der Waals surface area contributed by atoms with E-state index < -0.39 is 69.7 Å². The van der Waals surface area contributed by atoms with Crippen molar-refractivity contribution < 1.29 is 63.5 Å². The zero-order valence-corrected chi connectivity index (χ0v) is 74.5. The zero-order valence-electron chi connectivity index (χ0n) is 74.5. The Morgan fingerprint density at radius 1 is 0.353 bits per heavy atom. The van der Waals surface area contributed by atoms with Crippen LogP contribution in [0.5, 0.6) is 0 Å². The van der Waals surface area contributed by atoms with Crippen molar-refractivity contribution in [2.45, 2.75) is 48.1 Å². The van der Waals surface area contributed by atoms with Gasteiger partial charge in [0.05, 0.1) is 87.6 Å². The second-order valence-corrected chi connectivity index (χ2v) is 33.3. The number of ether oxygens (including phenoxy) is 1. The van der Waals surface area contributed by atoms with Gasteiger partial charge in [-0.15, -0.1) is 0 Å². The quantitative estimate of drug-likeness (QED) is 0.0811. The second-order valence-electron chi connectivity index (χ2n) is 33.3. The number of rotatable bonds is 12. The van der Waals surface area contributed by atoms with Crippen LogP contribution >= 0.6 is 0 Å². The highest BCUT2D eigenvalue weighted by atomic mass is 16.5. The van der Waals surface area contributed by atoms with Crippen molar-refractivity contribution >= 4 is 96.9 Å². The van der Waals surface area contributed by atoms with E-state index in [0.29, 0.717) is 134 Å². The summed E-state index contributed by atoms with van der Waals surface area (Å²) < 4.78 is 16.7. The third kappa shape index (κ3) is 18.1. The molecule has 5 aliphatic rings. The number of nitrogens with two attached hydrogens (primary N) is 4. The van der Waals surface area contributed by atoms with Gasteiger partial charge in [0, 0.05) is 195 Å². The monoisotopic (exact) mass is 1820 g/mol. The van der Waals surface area contributed by atoms with Crippen molar-refractivity contribution in [3.63, 3.8) is 0 Å². The molecule has 136 heavy (non-hydrogen) atoms. The van der Waals surface area contributed by atoms with Gasteiger partial charge in [-0.25, -0.2) is 33.7 Å². The number of aliphatic hydroxyl groups is 4. The summed E-state index contributed by atoms with van der Waals surface area (Å²) in [5.74, 6) is 18.2. The number of fused-ring (bicyclic) bond motifs is 4. The lowest BCUT2D eigenvalue weighted by Gasteiger charge is -2.28. The van der Waals surface area contributed by atoms with Gasteiger partial charge in [-0.2, -0.15) is 35.7 Å². The first-order chi connectivity index (χ1) is 65.1. The van der Waals surface area contributed by atoms with Crippen LogP contribution in [0.2, 0.25) is 0 Å². The molecule has 0 saturated carbocycles. The minimum absolute atomic E-state index is 0.0886. The number of aromatic nitrogens is 17. The van der Waals surface area contributed by atoms with E-state index >= 15 is 0 Å². The van der Waals surface area contributed by atoms with Crippen molar-refractivity contribution in [2.75, 3.05) is 85.6 Å². The summed E-state index contributed by atoms with van der Waals surface area (Å²) in [4.78, 5) is 119. The Balaban J connectivity index is 0.000000126. The van der Waals surface area contributed by atoms with Crippen LogP contribution in [0.4, 0.5) is 5.69 Å². The van der Waals surface area contributed by atoms with Gasteiger partial charge in [0.15, 0.2) is 39.7 Å². The SMILES string of the molecule is CN1CC[C@@](O)(C#Cc2cccc(-n3nc(C(N)=O)c4cc(-c5ccn(C)n5)cnc43)c2)C1=O.CN1CC[C@@](O)(C#Cc2cccc(-n3nc(C(N)=O)c4cc(-c5cnn(C)c5)ccc43)c2)C1=O.CN1CC[C@@](O)(C#Cc2cccc(-n3nc(C(N)=O)c4cc(-c5cnn(C)c5)cnc43)c2)C1=O.CN1CC[C@@](O)(C#Cc2cccc(-n3nc(C(N)=O)c4cc(N5CCOCC5)cnc43)c2)C1=O. The average molecular weight is 1830 g/mol. The zero-order chi connectivity index (χ0) is 96.0. The topological polar surface area (TPSA) is 510 Å². The third-order valence-corrected chi connectivity index (χ3v) is 23.7. The fraction of sp³-hybridized carbons (Fsp3) is 0.237. The van der Waals surface area contributed by atoms with Crippen LogP contribution in [0, 0.1) is 47.4 Å². The minimum atomic E-state index is -1.69. The van der Waals surface area contributed by atoms with Gasteiger partial charge in [-0.1, -0.05) is 77.7 Å². The van der Waals surface area contributed by atoms with Gasteiger partial charge in [0.2, 0.25) is 22.4 Å². The Kier molecular flexibility index (Phi) is 24.3. The highest BCUT2D eigenvalue weighted by Crippen LogP contribution is 2.35. The minimum Gasteiger partial charge on any atom is -0.378 e. The van der Waals surface area contributed by atoms with Crippen LogP contribution in [0.25, 0.3) is 100 Å². The number of likely N-dealkylation sites (tertiary alicyclic amines) is 4. The lowest BCUT2D eigenvalue weighted by molar-refractivity contribution is -0.138. The van der Waals surface area contributed by atoms with Crippen LogP contribution in [0.1, 0.15) is 89.9 Å². The van der Waals surface area contributed by atoms with Crippen LogP contribution in [0.3, 0.4) is 0 Å². The molecule has 15 heterocycles. The molecule has 4 atom stereocenters. The van der Waals surface area contributed by atoms with Gasteiger partial charge < -0.3 is 72.6 Å². The van der Waals surface area contributed by atoms with Crippen molar-refractivity contribution in [2.24, 2.45) is 44.1 Å². The highest BCUT2D eigenvalue weighted by molar-refractivity contribution is 6.08. The normalized spacial score (nSPS) is 18.4. The van der Waals surface area contributed by atoms with Crippen molar-refractivity contribution in [3.05, 3.63) is 234 Å². The second kappa shape index (κ2) is 36.4. The summed E-state index contributed by atoms with van der Waals surface area (Å²) in [6.45, 7) is 4.54. The van der Waals surface area contributed by atoms with E-state index in [-0.39, 0.29) is 48.5 Å². The molecule has 8 amide bonds. The number of morpholine rings is 1. The summed E-state index contributed by atoms with van der Waals surface area (Å²) >= 11 is 0. The summed E-state index contributed by atoms with van der Waals surface area (Å²) in [5, 5.41) is 74.9. The molecule has 15 aromatic rings. The van der Waals surface area contributed by atoms with Crippen molar-refractivity contribution in [1.29, 1.82) is 0 Å². The summed E-state index contributed by atoms with van der Waals surface area (Å²) in [6.07, 6.45) is 15.1. The molecule has 0 aliphatic carbocycles. The van der Waals surface area contributed by atoms with Crippen molar-refractivity contribution in [3.8, 4) is 104 Å². The number of hydrogen-bond acceptors (Lipinski definition) is 24.